The van der Waals surface area contributed by atoms with Crippen molar-refractivity contribution in [1.82, 2.24) is 0 Å². The van der Waals surface area contributed by atoms with Crippen LogP contribution >= 0.6 is 0 Å². The van der Waals surface area contributed by atoms with E-state index in [0.717, 1.165) is 11.6 Å². The minimum atomic E-state index is -1.03. The number of benzene rings is 2. The first-order valence-electron chi connectivity index (χ1n) is 5.43. The summed E-state index contributed by atoms with van der Waals surface area (Å²) in [6.07, 6.45) is 2.50. The number of aliphatic carboxylic acids is 1. The van der Waals surface area contributed by atoms with Gasteiger partial charge in [-0.05, 0) is 34.9 Å². The Bertz CT molecular complexity index is 589. The first-order chi connectivity index (χ1) is 8.66. The van der Waals surface area contributed by atoms with Gasteiger partial charge in [0.1, 0.15) is 5.82 Å². The summed E-state index contributed by atoms with van der Waals surface area (Å²) in [5.41, 5.74) is 2.19. The highest BCUT2D eigenvalue weighted by atomic mass is 19.1. The molecule has 0 fully saturated rings. The number of hydrogen-bond acceptors (Lipinski definition) is 1. The molecule has 2 nitrogen and oxygen atoms in total. The Morgan fingerprint density at radius 1 is 1.11 bits per heavy atom. The van der Waals surface area contributed by atoms with E-state index in [2.05, 4.69) is 0 Å². The largest absolute Gasteiger partial charge is 0.478 e. The standard InChI is InChI=1S/C15H11FO2/c16-13-8-6-12(7-9-15(17)18)14(10-13)11-4-2-1-3-5-11/h1-10H,(H,17,18). The molecule has 0 atom stereocenters. The maximum Gasteiger partial charge on any atom is 0.328 e. The number of rotatable bonds is 3. The normalized spacial score (nSPS) is 10.7. The van der Waals surface area contributed by atoms with Crippen molar-refractivity contribution in [3.05, 3.63) is 66.0 Å². The zero-order chi connectivity index (χ0) is 13.0. The van der Waals surface area contributed by atoms with E-state index < -0.39 is 5.97 Å². The van der Waals surface area contributed by atoms with Crippen molar-refractivity contribution < 1.29 is 14.3 Å². The molecule has 0 radical (unpaired) electrons. The number of carbonyl (C=O) groups is 1. The molecule has 0 saturated carbocycles. The highest BCUT2D eigenvalue weighted by Gasteiger charge is 2.04. The van der Waals surface area contributed by atoms with Crippen molar-refractivity contribution in [2.75, 3.05) is 0 Å². The van der Waals surface area contributed by atoms with Crippen molar-refractivity contribution in [3.8, 4) is 11.1 Å². The number of halogens is 1. The van der Waals surface area contributed by atoms with E-state index in [-0.39, 0.29) is 5.82 Å². The molecule has 3 heteroatoms. The third-order valence-electron chi connectivity index (χ3n) is 2.51. The van der Waals surface area contributed by atoms with Gasteiger partial charge in [0.15, 0.2) is 0 Å². The lowest BCUT2D eigenvalue weighted by Crippen LogP contribution is -1.89. The van der Waals surface area contributed by atoms with Gasteiger partial charge in [-0.2, -0.15) is 0 Å². The fraction of sp³-hybridized carbons (Fsp3) is 0. The van der Waals surface area contributed by atoms with Crippen LogP contribution < -0.4 is 0 Å². The van der Waals surface area contributed by atoms with E-state index in [0.29, 0.717) is 11.1 Å². The summed E-state index contributed by atoms with van der Waals surface area (Å²) in [6.45, 7) is 0. The van der Waals surface area contributed by atoms with Gasteiger partial charge in [-0.3, -0.25) is 0 Å². The number of carboxylic acid groups (broad SMARTS) is 1. The molecule has 0 amide bonds. The maximum absolute atomic E-state index is 13.3. The molecular formula is C15H11FO2. The van der Waals surface area contributed by atoms with Crippen LogP contribution in [0.2, 0.25) is 0 Å². The molecule has 2 aromatic carbocycles. The molecule has 0 aliphatic rings. The van der Waals surface area contributed by atoms with Gasteiger partial charge in [-0.25, -0.2) is 9.18 Å². The van der Waals surface area contributed by atoms with E-state index in [4.69, 9.17) is 5.11 Å². The average Bonchev–Trinajstić information content (AvgIpc) is 2.38. The van der Waals surface area contributed by atoms with E-state index in [9.17, 15) is 9.18 Å². The van der Waals surface area contributed by atoms with Gasteiger partial charge in [0.2, 0.25) is 0 Å². The molecule has 2 rings (SSSR count). The fourth-order valence-corrected chi connectivity index (χ4v) is 1.70. The Balaban J connectivity index is 2.51. The molecule has 0 saturated heterocycles. The van der Waals surface area contributed by atoms with Gasteiger partial charge in [-0.15, -0.1) is 0 Å². The lowest BCUT2D eigenvalue weighted by atomic mass is 9.99. The lowest BCUT2D eigenvalue weighted by molar-refractivity contribution is -0.131. The molecule has 2 aromatic rings. The van der Waals surface area contributed by atoms with Gasteiger partial charge < -0.3 is 5.11 Å². The first-order valence-corrected chi connectivity index (χ1v) is 5.43. The van der Waals surface area contributed by atoms with Crippen molar-refractivity contribution >= 4 is 12.0 Å². The van der Waals surface area contributed by atoms with Gasteiger partial charge in [0.25, 0.3) is 0 Å². The Hall–Kier alpha value is -2.42. The van der Waals surface area contributed by atoms with Gasteiger partial charge >= 0.3 is 5.97 Å². The highest BCUT2D eigenvalue weighted by molar-refractivity contribution is 5.87. The fourth-order valence-electron chi connectivity index (χ4n) is 1.70. The van der Waals surface area contributed by atoms with E-state index >= 15 is 0 Å². The molecule has 1 N–H and O–H groups in total. The topological polar surface area (TPSA) is 37.3 Å². The summed E-state index contributed by atoms with van der Waals surface area (Å²) in [7, 11) is 0. The van der Waals surface area contributed by atoms with Crippen LogP contribution in [0.5, 0.6) is 0 Å². The lowest BCUT2D eigenvalue weighted by Gasteiger charge is -2.06. The van der Waals surface area contributed by atoms with Gasteiger partial charge in [0, 0.05) is 6.08 Å². The SMILES string of the molecule is O=C(O)C=Cc1ccc(F)cc1-c1ccccc1. The van der Waals surface area contributed by atoms with Crippen molar-refractivity contribution in [2.24, 2.45) is 0 Å². The third-order valence-corrected chi connectivity index (χ3v) is 2.51. The molecule has 0 aliphatic carbocycles. The number of hydrogen-bond donors (Lipinski definition) is 1. The molecule has 0 heterocycles. The molecule has 0 aromatic heterocycles. The number of carboxylic acids is 1. The van der Waals surface area contributed by atoms with Gasteiger partial charge in [-0.1, -0.05) is 36.4 Å². The summed E-state index contributed by atoms with van der Waals surface area (Å²) in [6, 6.07) is 13.6. The van der Waals surface area contributed by atoms with Crippen LogP contribution in [0.1, 0.15) is 5.56 Å². The summed E-state index contributed by atoms with van der Waals surface area (Å²) in [5, 5.41) is 8.63. The van der Waals surface area contributed by atoms with Crippen LogP contribution in [-0.2, 0) is 4.79 Å². The van der Waals surface area contributed by atoms with Crippen LogP contribution in [0, 0.1) is 5.82 Å². The first kappa shape index (κ1) is 12.0. The van der Waals surface area contributed by atoms with Crippen molar-refractivity contribution in [2.45, 2.75) is 0 Å². The predicted octanol–water partition coefficient (Wildman–Crippen LogP) is 3.59. The smallest absolute Gasteiger partial charge is 0.328 e. The summed E-state index contributed by atoms with van der Waals surface area (Å²) >= 11 is 0. The highest BCUT2D eigenvalue weighted by Crippen LogP contribution is 2.25. The van der Waals surface area contributed by atoms with Crippen LogP contribution in [0.15, 0.2) is 54.6 Å². The van der Waals surface area contributed by atoms with Crippen molar-refractivity contribution in [1.29, 1.82) is 0 Å². The zero-order valence-electron chi connectivity index (χ0n) is 9.51. The van der Waals surface area contributed by atoms with Crippen LogP contribution in [0.25, 0.3) is 17.2 Å². The summed E-state index contributed by atoms with van der Waals surface area (Å²) in [4.78, 5) is 10.5. The van der Waals surface area contributed by atoms with Gasteiger partial charge in [0.05, 0.1) is 0 Å². The average molecular weight is 242 g/mol. The van der Waals surface area contributed by atoms with Crippen LogP contribution in [-0.4, -0.2) is 11.1 Å². The van der Waals surface area contributed by atoms with Crippen LogP contribution in [0.4, 0.5) is 4.39 Å². The minimum absolute atomic E-state index is 0.346. The second kappa shape index (κ2) is 5.27. The Morgan fingerprint density at radius 3 is 2.50 bits per heavy atom. The Kier molecular flexibility index (Phi) is 3.53. The summed E-state index contributed by atoms with van der Waals surface area (Å²) in [5.74, 6) is -1.38. The van der Waals surface area contributed by atoms with Crippen LogP contribution in [0.3, 0.4) is 0 Å². The molecule has 0 unspecified atom stereocenters. The monoisotopic (exact) mass is 242 g/mol. The Morgan fingerprint density at radius 2 is 1.83 bits per heavy atom. The molecule has 0 aliphatic heterocycles. The second-order valence-electron chi connectivity index (χ2n) is 3.77. The Labute approximate surface area is 104 Å². The van der Waals surface area contributed by atoms with Crippen molar-refractivity contribution in [3.63, 3.8) is 0 Å². The predicted molar refractivity (Wildman–Crippen MR) is 68.5 cm³/mol. The third kappa shape index (κ3) is 2.83. The zero-order valence-corrected chi connectivity index (χ0v) is 9.51. The molecule has 0 bridgehead atoms. The van der Waals surface area contributed by atoms with E-state index in [1.807, 2.05) is 30.3 Å². The maximum atomic E-state index is 13.3. The van der Waals surface area contributed by atoms with E-state index in [1.54, 1.807) is 6.07 Å². The quantitative estimate of drug-likeness (QED) is 0.835. The second-order valence-corrected chi connectivity index (χ2v) is 3.77. The van der Waals surface area contributed by atoms with E-state index in [1.165, 1.54) is 18.2 Å². The molecular weight excluding hydrogens is 231 g/mol. The minimum Gasteiger partial charge on any atom is -0.478 e. The molecule has 0 spiro atoms. The summed E-state index contributed by atoms with van der Waals surface area (Å²) < 4.78 is 13.3. The molecule has 18 heavy (non-hydrogen) atoms. The molecule has 90 valence electrons.